The minimum Gasteiger partial charge on any atom is -0.339 e. The molecule has 1 aromatic heterocycles. The van der Waals surface area contributed by atoms with Gasteiger partial charge in [0, 0.05) is 17.5 Å². The fraction of sp³-hybridized carbons (Fsp3) is 0.500. The van der Waals surface area contributed by atoms with Crippen LogP contribution in [0.2, 0.25) is 0 Å². The highest BCUT2D eigenvalue weighted by Crippen LogP contribution is 2.29. The van der Waals surface area contributed by atoms with Crippen molar-refractivity contribution in [1.82, 2.24) is 10.1 Å². The Morgan fingerprint density at radius 3 is 2.80 bits per heavy atom. The molecular formula is C16H21N3O. The zero-order chi connectivity index (χ0) is 14.0. The predicted molar refractivity (Wildman–Crippen MR) is 78.2 cm³/mol. The zero-order valence-electron chi connectivity index (χ0n) is 11.9. The summed E-state index contributed by atoms with van der Waals surface area (Å²) >= 11 is 0. The van der Waals surface area contributed by atoms with E-state index in [0.717, 1.165) is 18.4 Å². The Labute approximate surface area is 119 Å². The summed E-state index contributed by atoms with van der Waals surface area (Å²) in [5.41, 5.74) is 8.46. The number of aromatic nitrogens is 2. The van der Waals surface area contributed by atoms with Crippen LogP contribution in [0.1, 0.15) is 43.6 Å². The van der Waals surface area contributed by atoms with E-state index in [1.165, 1.54) is 24.8 Å². The van der Waals surface area contributed by atoms with Crippen molar-refractivity contribution in [3.63, 3.8) is 0 Å². The molecule has 0 spiro atoms. The Morgan fingerprint density at radius 2 is 2.05 bits per heavy atom. The lowest BCUT2D eigenvalue weighted by Gasteiger charge is -2.31. The van der Waals surface area contributed by atoms with Crippen LogP contribution in [0.4, 0.5) is 0 Å². The molecule has 0 bridgehead atoms. The van der Waals surface area contributed by atoms with Crippen molar-refractivity contribution in [2.24, 2.45) is 5.73 Å². The Morgan fingerprint density at radius 1 is 1.25 bits per heavy atom. The average molecular weight is 271 g/mol. The van der Waals surface area contributed by atoms with Crippen molar-refractivity contribution in [1.29, 1.82) is 0 Å². The smallest absolute Gasteiger partial charge is 0.228 e. The molecule has 0 atom stereocenters. The summed E-state index contributed by atoms with van der Waals surface area (Å²) < 4.78 is 5.39. The molecule has 1 aliphatic carbocycles. The van der Waals surface area contributed by atoms with Gasteiger partial charge in [-0.3, -0.25) is 0 Å². The van der Waals surface area contributed by atoms with Crippen LogP contribution in [-0.4, -0.2) is 15.7 Å². The molecular weight excluding hydrogens is 250 g/mol. The summed E-state index contributed by atoms with van der Waals surface area (Å²) in [5.74, 6) is 1.31. The quantitative estimate of drug-likeness (QED) is 0.930. The Balaban J connectivity index is 1.77. The van der Waals surface area contributed by atoms with E-state index in [1.54, 1.807) is 0 Å². The molecule has 4 nitrogen and oxygen atoms in total. The van der Waals surface area contributed by atoms with Crippen LogP contribution in [0, 0.1) is 6.92 Å². The lowest BCUT2D eigenvalue weighted by atomic mass is 9.80. The topological polar surface area (TPSA) is 64.9 Å². The molecule has 2 N–H and O–H groups in total. The Kier molecular flexibility index (Phi) is 3.57. The summed E-state index contributed by atoms with van der Waals surface area (Å²) in [6.07, 6.45) is 6.48. The summed E-state index contributed by atoms with van der Waals surface area (Å²) in [6.45, 7) is 2.06. The van der Waals surface area contributed by atoms with Gasteiger partial charge < -0.3 is 10.3 Å². The third kappa shape index (κ3) is 2.90. The van der Waals surface area contributed by atoms with E-state index >= 15 is 0 Å². The van der Waals surface area contributed by atoms with Gasteiger partial charge in [0.1, 0.15) is 0 Å². The predicted octanol–water partition coefficient (Wildman–Crippen LogP) is 3.25. The molecule has 1 aromatic carbocycles. The largest absolute Gasteiger partial charge is 0.339 e. The van der Waals surface area contributed by atoms with Gasteiger partial charge in [0.05, 0.1) is 0 Å². The molecule has 0 saturated heterocycles. The monoisotopic (exact) mass is 271 g/mol. The minimum atomic E-state index is -0.158. The van der Waals surface area contributed by atoms with E-state index in [4.69, 9.17) is 10.3 Å². The summed E-state index contributed by atoms with van der Waals surface area (Å²) in [4.78, 5) is 4.50. The van der Waals surface area contributed by atoms with Gasteiger partial charge in [-0.05, 0) is 25.8 Å². The average Bonchev–Trinajstić information content (AvgIpc) is 2.87. The lowest BCUT2D eigenvalue weighted by Crippen LogP contribution is -2.43. The van der Waals surface area contributed by atoms with Gasteiger partial charge in [0.2, 0.25) is 11.7 Å². The molecule has 20 heavy (non-hydrogen) atoms. The van der Waals surface area contributed by atoms with Crippen LogP contribution in [0.3, 0.4) is 0 Å². The van der Waals surface area contributed by atoms with Gasteiger partial charge in [0.25, 0.3) is 0 Å². The van der Waals surface area contributed by atoms with Crippen LogP contribution in [0.5, 0.6) is 0 Å². The van der Waals surface area contributed by atoms with Crippen LogP contribution in [0.25, 0.3) is 11.4 Å². The molecule has 0 amide bonds. The van der Waals surface area contributed by atoms with Gasteiger partial charge in [-0.25, -0.2) is 0 Å². The molecule has 1 aliphatic rings. The van der Waals surface area contributed by atoms with Crippen LogP contribution in [0.15, 0.2) is 28.8 Å². The van der Waals surface area contributed by atoms with Gasteiger partial charge in [-0.1, -0.05) is 48.2 Å². The second kappa shape index (κ2) is 5.37. The Hall–Kier alpha value is -1.68. The van der Waals surface area contributed by atoms with Gasteiger partial charge in [-0.15, -0.1) is 0 Å². The van der Waals surface area contributed by atoms with E-state index in [-0.39, 0.29) is 5.54 Å². The maximum atomic E-state index is 6.44. The van der Waals surface area contributed by atoms with Crippen LogP contribution >= 0.6 is 0 Å². The maximum Gasteiger partial charge on any atom is 0.228 e. The first-order chi connectivity index (χ1) is 9.65. The molecule has 106 valence electrons. The molecule has 1 heterocycles. The Bertz CT molecular complexity index is 585. The van der Waals surface area contributed by atoms with Crippen LogP contribution < -0.4 is 5.73 Å². The third-order valence-electron chi connectivity index (χ3n) is 4.10. The van der Waals surface area contributed by atoms with Gasteiger partial charge in [0.15, 0.2) is 0 Å². The first-order valence-corrected chi connectivity index (χ1v) is 7.33. The number of hydrogen-bond donors (Lipinski definition) is 1. The molecule has 0 unspecified atom stereocenters. The number of benzene rings is 1. The van der Waals surface area contributed by atoms with Crippen molar-refractivity contribution in [3.05, 3.63) is 35.7 Å². The molecule has 1 saturated carbocycles. The number of nitrogens with zero attached hydrogens (tertiary/aromatic N) is 2. The van der Waals surface area contributed by atoms with Crippen molar-refractivity contribution >= 4 is 0 Å². The van der Waals surface area contributed by atoms with Gasteiger partial charge >= 0.3 is 0 Å². The molecule has 3 rings (SSSR count). The van der Waals surface area contributed by atoms with E-state index in [9.17, 15) is 0 Å². The van der Waals surface area contributed by atoms with Crippen molar-refractivity contribution < 1.29 is 4.52 Å². The van der Waals surface area contributed by atoms with Crippen molar-refractivity contribution in [2.75, 3.05) is 0 Å². The number of aryl methyl sites for hydroxylation is 1. The fourth-order valence-electron chi connectivity index (χ4n) is 2.96. The number of rotatable bonds is 3. The highest BCUT2D eigenvalue weighted by molar-refractivity contribution is 5.55. The van der Waals surface area contributed by atoms with E-state index in [1.807, 2.05) is 12.1 Å². The minimum absolute atomic E-state index is 0.158. The van der Waals surface area contributed by atoms with Crippen LogP contribution in [-0.2, 0) is 6.42 Å². The van der Waals surface area contributed by atoms with Gasteiger partial charge in [-0.2, -0.15) is 4.98 Å². The molecule has 2 aromatic rings. The van der Waals surface area contributed by atoms with E-state index in [0.29, 0.717) is 18.1 Å². The summed E-state index contributed by atoms with van der Waals surface area (Å²) in [5, 5.41) is 4.08. The molecule has 0 radical (unpaired) electrons. The maximum absolute atomic E-state index is 6.44. The standard InChI is InChI=1S/C16H21N3O/c1-12-6-5-7-13(10-12)15-18-14(20-19-15)11-16(17)8-3-2-4-9-16/h5-7,10H,2-4,8-9,11,17H2,1H3. The normalized spacial score (nSPS) is 18.1. The zero-order valence-corrected chi connectivity index (χ0v) is 11.9. The lowest BCUT2D eigenvalue weighted by molar-refractivity contribution is 0.261. The van der Waals surface area contributed by atoms with Crippen molar-refractivity contribution in [3.8, 4) is 11.4 Å². The number of hydrogen-bond acceptors (Lipinski definition) is 4. The highest BCUT2D eigenvalue weighted by Gasteiger charge is 2.30. The summed E-state index contributed by atoms with van der Waals surface area (Å²) in [6, 6.07) is 8.13. The second-order valence-corrected chi connectivity index (χ2v) is 5.98. The van der Waals surface area contributed by atoms with Crippen molar-refractivity contribution in [2.45, 2.75) is 51.0 Å². The molecule has 1 fully saturated rings. The first kappa shape index (κ1) is 13.3. The highest BCUT2D eigenvalue weighted by atomic mass is 16.5. The van der Waals surface area contributed by atoms with E-state index < -0.39 is 0 Å². The molecule has 0 aliphatic heterocycles. The van der Waals surface area contributed by atoms with E-state index in [2.05, 4.69) is 29.2 Å². The first-order valence-electron chi connectivity index (χ1n) is 7.33. The third-order valence-corrected chi connectivity index (χ3v) is 4.10. The molecule has 4 heteroatoms. The second-order valence-electron chi connectivity index (χ2n) is 5.98. The fourth-order valence-corrected chi connectivity index (χ4v) is 2.96. The SMILES string of the molecule is Cc1cccc(-c2noc(CC3(N)CCCCC3)n2)c1. The number of nitrogens with two attached hydrogens (primary N) is 1. The summed E-state index contributed by atoms with van der Waals surface area (Å²) in [7, 11) is 0.